The van der Waals surface area contributed by atoms with Crippen LogP contribution >= 0.6 is 0 Å². The van der Waals surface area contributed by atoms with E-state index in [1.54, 1.807) is 6.08 Å². The van der Waals surface area contributed by atoms with Crippen molar-refractivity contribution in [1.82, 2.24) is 15.0 Å². The van der Waals surface area contributed by atoms with Gasteiger partial charge in [0.2, 0.25) is 0 Å². The molecule has 1 aliphatic rings. The number of hydrogen-bond acceptors (Lipinski definition) is 6. The lowest BCUT2D eigenvalue weighted by Crippen LogP contribution is -2.16. The number of aromatic nitrogens is 3. The number of allylic oxidation sites excluding steroid dienone is 1. The summed E-state index contributed by atoms with van der Waals surface area (Å²) >= 11 is 0. The molecule has 0 saturated heterocycles. The van der Waals surface area contributed by atoms with Crippen molar-refractivity contribution < 1.29 is 4.42 Å². The van der Waals surface area contributed by atoms with Crippen LogP contribution in [0.25, 0.3) is 84.1 Å². The van der Waals surface area contributed by atoms with E-state index in [0.29, 0.717) is 17.5 Å². The molecule has 2 heterocycles. The van der Waals surface area contributed by atoms with Crippen molar-refractivity contribution in [2.75, 3.05) is 0 Å². The molecular formula is C41H25N5O. The first-order valence-electron chi connectivity index (χ1n) is 15.4. The first kappa shape index (κ1) is 26.8. The van der Waals surface area contributed by atoms with Crippen molar-refractivity contribution in [3.8, 4) is 45.3 Å². The topological polar surface area (TPSA) is 99.5 Å². The molecule has 8 aromatic rings. The van der Waals surface area contributed by atoms with E-state index in [1.807, 2.05) is 84.9 Å². The zero-order valence-corrected chi connectivity index (χ0v) is 25.0. The summed E-state index contributed by atoms with van der Waals surface area (Å²) < 4.78 is 6.20. The minimum atomic E-state index is 0.208. The van der Waals surface area contributed by atoms with Crippen LogP contribution in [-0.2, 0) is 0 Å². The van der Waals surface area contributed by atoms with Crippen LogP contribution in [0, 0.1) is 10.8 Å². The monoisotopic (exact) mass is 603 g/mol. The summed E-state index contributed by atoms with van der Waals surface area (Å²) in [5, 5.41) is 20.6. The maximum absolute atomic E-state index is 8.59. The lowest BCUT2D eigenvalue weighted by molar-refractivity contribution is 0.669. The highest BCUT2D eigenvalue weighted by molar-refractivity contribution is 6.53. The quantitative estimate of drug-likeness (QED) is 0.209. The third-order valence-electron chi connectivity index (χ3n) is 8.79. The minimum absolute atomic E-state index is 0.208. The molecule has 0 aliphatic heterocycles. The van der Waals surface area contributed by atoms with Gasteiger partial charge in [-0.05, 0) is 51.7 Å². The summed E-state index contributed by atoms with van der Waals surface area (Å²) in [7, 11) is 0. The molecule has 0 fully saturated rings. The third-order valence-corrected chi connectivity index (χ3v) is 8.79. The normalized spacial score (nSPS) is 12.7. The van der Waals surface area contributed by atoms with Crippen LogP contribution < -0.4 is 0 Å². The predicted molar refractivity (Wildman–Crippen MR) is 190 cm³/mol. The van der Waals surface area contributed by atoms with Crippen LogP contribution in [0.4, 0.5) is 0 Å². The molecule has 0 atom stereocenters. The molecule has 47 heavy (non-hydrogen) atoms. The molecule has 0 saturated carbocycles. The Kier molecular flexibility index (Phi) is 6.01. The summed E-state index contributed by atoms with van der Waals surface area (Å²) in [6.45, 7) is 0. The summed E-state index contributed by atoms with van der Waals surface area (Å²) in [4.78, 5) is 15.1. The zero-order valence-electron chi connectivity index (χ0n) is 25.0. The minimum Gasteiger partial charge on any atom is -0.456 e. The Morgan fingerprint density at radius 2 is 1.17 bits per heavy atom. The zero-order chi connectivity index (χ0) is 31.5. The number of para-hydroxylation sites is 1. The number of hydrogen-bond donors (Lipinski definition) is 2. The van der Waals surface area contributed by atoms with Gasteiger partial charge < -0.3 is 4.42 Å². The molecule has 0 radical (unpaired) electrons. The van der Waals surface area contributed by atoms with Crippen LogP contribution in [0.3, 0.4) is 0 Å². The molecule has 0 bridgehead atoms. The molecule has 9 rings (SSSR count). The third kappa shape index (κ3) is 4.46. The SMILES string of the molecule is N=C1C=Cc2ccc3cc(-c4nc(-c5ccc(-c6ccccc6)cc5)nc(-c5cccc6oc7ccccc7c56)n4)ccc3c2C1=N. The predicted octanol–water partition coefficient (Wildman–Crippen LogP) is 10.0. The number of nitrogens with one attached hydrogen (secondary N) is 2. The first-order valence-corrected chi connectivity index (χ1v) is 15.4. The Bertz CT molecular complexity index is 2600. The molecule has 0 amide bonds. The fourth-order valence-corrected chi connectivity index (χ4v) is 6.45. The first-order chi connectivity index (χ1) is 23.1. The lowest BCUT2D eigenvalue weighted by Gasteiger charge is -2.16. The second-order valence-corrected chi connectivity index (χ2v) is 11.6. The van der Waals surface area contributed by atoms with Crippen LogP contribution in [0.15, 0.2) is 138 Å². The van der Waals surface area contributed by atoms with Crippen LogP contribution in [0.2, 0.25) is 0 Å². The van der Waals surface area contributed by atoms with E-state index in [9.17, 15) is 0 Å². The summed E-state index contributed by atoms with van der Waals surface area (Å²) in [5.41, 5.74) is 8.58. The van der Waals surface area contributed by atoms with Gasteiger partial charge >= 0.3 is 0 Å². The summed E-state index contributed by atoms with van der Waals surface area (Å²) in [6.07, 6.45) is 3.58. The summed E-state index contributed by atoms with van der Waals surface area (Å²) in [5.74, 6) is 1.67. The number of benzene rings is 6. The largest absolute Gasteiger partial charge is 0.456 e. The Labute approximate surface area is 269 Å². The fraction of sp³-hybridized carbons (Fsp3) is 0. The molecule has 6 aromatic carbocycles. The standard InChI is InChI=1S/C41H25N5O/c42-33-22-20-26-15-18-28-23-29(19-21-30(28)36(26)38(33)43)40-44-39(27-16-13-25(14-17-27)24-7-2-1-3-8-24)45-41(46-40)32-10-6-12-35-37(32)31-9-4-5-11-34(31)47-35/h1-23,42-43H. The van der Waals surface area contributed by atoms with Crippen LogP contribution in [0.1, 0.15) is 11.1 Å². The van der Waals surface area contributed by atoms with Crippen LogP contribution in [0.5, 0.6) is 0 Å². The van der Waals surface area contributed by atoms with E-state index in [2.05, 4.69) is 48.5 Å². The molecule has 1 aliphatic carbocycles. The average Bonchev–Trinajstić information content (AvgIpc) is 3.52. The van der Waals surface area contributed by atoms with Gasteiger partial charge in [-0.25, -0.2) is 15.0 Å². The molecule has 220 valence electrons. The molecule has 2 N–H and O–H groups in total. The van der Waals surface area contributed by atoms with Crippen molar-refractivity contribution in [2.45, 2.75) is 0 Å². The van der Waals surface area contributed by atoms with Crippen molar-refractivity contribution in [3.63, 3.8) is 0 Å². The van der Waals surface area contributed by atoms with Crippen molar-refractivity contribution in [3.05, 3.63) is 145 Å². The highest BCUT2D eigenvalue weighted by atomic mass is 16.3. The maximum atomic E-state index is 8.59. The van der Waals surface area contributed by atoms with E-state index in [4.69, 9.17) is 30.2 Å². The number of nitrogens with zero attached hydrogens (tertiary/aromatic N) is 3. The Hall–Kier alpha value is -6.53. The van der Waals surface area contributed by atoms with Gasteiger partial charge in [0, 0.05) is 33.0 Å². The van der Waals surface area contributed by atoms with E-state index in [1.165, 1.54) is 0 Å². The van der Waals surface area contributed by atoms with Gasteiger partial charge in [0.25, 0.3) is 0 Å². The van der Waals surface area contributed by atoms with Crippen molar-refractivity contribution in [1.29, 1.82) is 10.8 Å². The van der Waals surface area contributed by atoms with Crippen LogP contribution in [-0.4, -0.2) is 26.4 Å². The Balaban J connectivity index is 1.24. The average molecular weight is 604 g/mol. The van der Waals surface area contributed by atoms with Gasteiger partial charge in [-0.1, -0.05) is 115 Å². The smallest absolute Gasteiger partial charge is 0.164 e. The fourth-order valence-electron chi connectivity index (χ4n) is 6.45. The molecule has 2 aromatic heterocycles. The van der Waals surface area contributed by atoms with Crippen molar-refractivity contribution >= 4 is 50.2 Å². The molecule has 0 unspecified atom stereocenters. The Morgan fingerprint density at radius 3 is 2.02 bits per heavy atom. The second-order valence-electron chi connectivity index (χ2n) is 11.6. The highest BCUT2D eigenvalue weighted by Gasteiger charge is 2.20. The highest BCUT2D eigenvalue weighted by Crippen LogP contribution is 2.37. The lowest BCUT2D eigenvalue weighted by atomic mass is 9.89. The van der Waals surface area contributed by atoms with Crippen molar-refractivity contribution in [2.24, 2.45) is 0 Å². The van der Waals surface area contributed by atoms with Gasteiger partial charge in [0.15, 0.2) is 17.5 Å². The van der Waals surface area contributed by atoms with E-state index in [0.717, 1.165) is 71.7 Å². The van der Waals surface area contributed by atoms with Gasteiger partial charge in [0.05, 0.1) is 11.4 Å². The van der Waals surface area contributed by atoms with Gasteiger partial charge in [-0.15, -0.1) is 0 Å². The van der Waals surface area contributed by atoms with E-state index < -0.39 is 0 Å². The number of furan rings is 1. The van der Waals surface area contributed by atoms with Gasteiger partial charge in [-0.2, -0.15) is 0 Å². The van der Waals surface area contributed by atoms with Gasteiger partial charge in [-0.3, -0.25) is 10.8 Å². The number of fused-ring (bicyclic) bond motifs is 6. The summed E-state index contributed by atoms with van der Waals surface area (Å²) in [6, 6.07) is 42.7. The van der Waals surface area contributed by atoms with E-state index >= 15 is 0 Å². The Morgan fingerprint density at radius 1 is 0.489 bits per heavy atom. The molecular weight excluding hydrogens is 578 g/mol. The van der Waals surface area contributed by atoms with Gasteiger partial charge in [0.1, 0.15) is 11.2 Å². The second kappa shape index (κ2) is 10.5. The molecule has 6 nitrogen and oxygen atoms in total. The van der Waals surface area contributed by atoms with E-state index in [-0.39, 0.29) is 11.4 Å². The molecule has 0 spiro atoms. The maximum Gasteiger partial charge on any atom is 0.164 e. The number of rotatable bonds is 4. The molecule has 6 heteroatoms.